The number of nitrogens with zero attached hydrogens (tertiary/aromatic N) is 1. The van der Waals surface area contributed by atoms with Crippen molar-refractivity contribution in [3.63, 3.8) is 0 Å². The van der Waals surface area contributed by atoms with E-state index in [4.69, 9.17) is 0 Å². The molecule has 1 aromatic rings. The number of nitrogens with one attached hydrogen (secondary N) is 4. The first-order valence-corrected chi connectivity index (χ1v) is 11.7. The number of amides is 4. The molecule has 0 spiro atoms. The van der Waals surface area contributed by atoms with E-state index in [1.807, 2.05) is 44.2 Å². The molecule has 0 aliphatic carbocycles. The van der Waals surface area contributed by atoms with E-state index < -0.39 is 18.1 Å². The van der Waals surface area contributed by atoms with Crippen molar-refractivity contribution >= 4 is 23.6 Å². The lowest BCUT2D eigenvalue weighted by molar-refractivity contribution is -0.141. The van der Waals surface area contributed by atoms with Crippen molar-refractivity contribution in [3.05, 3.63) is 35.9 Å². The minimum atomic E-state index is -0.737. The molecule has 0 saturated carbocycles. The van der Waals surface area contributed by atoms with Crippen LogP contribution >= 0.6 is 0 Å². The number of fused-ring (bicyclic) bond motifs is 1. The van der Waals surface area contributed by atoms with Crippen LogP contribution in [-0.2, 0) is 25.6 Å². The highest BCUT2D eigenvalue weighted by Gasteiger charge is 2.38. The molecule has 0 radical (unpaired) electrons. The Bertz CT molecular complexity index is 860. The quantitative estimate of drug-likeness (QED) is 0.508. The van der Waals surface area contributed by atoms with Crippen LogP contribution in [0.4, 0.5) is 0 Å². The highest BCUT2D eigenvalue weighted by Crippen LogP contribution is 2.19. The fraction of sp³-hybridized carbons (Fsp3) is 0.583. The Kier molecular flexibility index (Phi) is 8.43. The summed E-state index contributed by atoms with van der Waals surface area (Å²) in [5, 5.41) is 11.7. The van der Waals surface area contributed by atoms with Gasteiger partial charge in [-0.05, 0) is 37.7 Å². The normalized spacial score (nSPS) is 27.8. The van der Waals surface area contributed by atoms with Gasteiger partial charge in [-0.25, -0.2) is 0 Å². The van der Waals surface area contributed by atoms with Crippen molar-refractivity contribution in [2.75, 3.05) is 19.6 Å². The van der Waals surface area contributed by atoms with Crippen molar-refractivity contribution < 1.29 is 19.2 Å². The van der Waals surface area contributed by atoms with E-state index in [0.717, 1.165) is 5.56 Å². The van der Waals surface area contributed by atoms with E-state index in [-0.39, 0.29) is 42.1 Å². The lowest BCUT2D eigenvalue weighted by Crippen LogP contribution is -2.58. The average molecular weight is 458 g/mol. The molecule has 3 rings (SSSR count). The molecule has 2 fully saturated rings. The molecule has 0 aromatic heterocycles. The van der Waals surface area contributed by atoms with Crippen LogP contribution in [0.5, 0.6) is 0 Å². The summed E-state index contributed by atoms with van der Waals surface area (Å²) >= 11 is 0. The van der Waals surface area contributed by atoms with Gasteiger partial charge in [0.2, 0.25) is 23.6 Å². The summed E-state index contributed by atoms with van der Waals surface area (Å²) in [6, 6.07) is 7.39. The zero-order valence-corrected chi connectivity index (χ0v) is 19.6. The Morgan fingerprint density at radius 2 is 1.73 bits per heavy atom. The van der Waals surface area contributed by atoms with Crippen LogP contribution in [0.15, 0.2) is 30.3 Å². The summed E-state index contributed by atoms with van der Waals surface area (Å²) in [6.45, 7) is 6.23. The largest absolute Gasteiger partial charge is 0.350 e. The van der Waals surface area contributed by atoms with Crippen molar-refractivity contribution in [2.45, 2.75) is 64.2 Å². The first-order valence-electron chi connectivity index (χ1n) is 11.7. The Balaban J connectivity index is 1.84. The second-order valence-corrected chi connectivity index (χ2v) is 9.24. The van der Waals surface area contributed by atoms with Crippen LogP contribution in [0, 0.1) is 5.92 Å². The summed E-state index contributed by atoms with van der Waals surface area (Å²) in [4.78, 5) is 53.1. The molecule has 9 heteroatoms. The predicted molar refractivity (Wildman–Crippen MR) is 124 cm³/mol. The molecule has 1 aromatic carbocycles. The van der Waals surface area contributed by atoms with Gasteiger partial charge in [0.1, 0.15) is 18.1 Å². The van der Waals surface area contributed by atoms with Crippen molar-refractivity contribution in [1.29, 1.82) is 0 Å². The Hall–Kier alpha value is -2.94. The van der Waals surface area contributed by atoms with Gasteiger partial charge in [-0.1, -0.05) is 44.2 Å². The maximum Gasteiger partial charge on any atom is 0.245 e. The van der Waals surface area contributed by atoms with Crippen LogP contribution in [0.1, 0.15) is 39.2 Å². The molecule has 0 bridgehead atoms. The average Bonchev–Trinajstić information content (AvgIpc) is 3.26. The Morgan fingerprint density at radius 3 is 2.42 bits per heavy atom. The fourth-order valence-electron chi connectivity index (χ4n) is 4.41. The maximum atomic E-state index is 13.2. The maximum absolute atomic E-state index is 13.2. The summed E-state index contributed by atoms with van der Waals surface area (Å²) in [5.41, 5.74) is 1.05. The van der Waals surface area contributed by atoms with Crippen LogP contribution in [0.2, 0.25) is 0 Å². The molecule has 33 heavy (non-hydrogen) atoms. The van der Waals surface area contributed by atoms with Gasteiger partial charge in [-0.3, -0.25) is 19.2 Å². The van der Waals surface area contributed by atoms with E-state index in [1.54, 1.807) is 6.92 Å². The van der Waals surface area contributed by atoms with Gasteiger partial charge in [0, 0.05) is 19.1 Å². The van der Waals surface area contributed by atoms with Gasteiger partial charge in [0.25, 0.3) is 0 Å². The first kappa shape index (κ1) is 24.7. The van der Waals surface area contributed by atoms with E-state index >= 15 is 0 Å². The molecule has 4 amide bonds. The summed E-state index contributed by atoms with van der Waals surface area (Å²) in [5.74, 6) is -1.34. The van der Waals surface area contributed by atoms with E-state index in [2.05, 4.69) is 21.3 Å². The minimum Gasteiger partial charge on any atom is -0.350 e. The number of carbonyl (C=O) groups excluding carboxylic acids is 4. The highest BCUT2D eigenvalue weighted by atomic mass is 16.2. The molecule has 2 heterocycles. The molecule has 4 N–H and O–H groups in total. The predicted octanol–water partition coefficient (Wildman–Crippen LogP) is -0.0464. The summed E-state index contributed by atoms with van der Waals surface area (Å²) < 4.78 is 0. The molecule has 2 aliphatic rings. The van der Waals surface area contributed by atoms with Crippen molar-refractivity contribution in [1.82, 2.24) is 26.2 Å². The zero-order valence-electron chi connectivity index (χ0n) is 19.6. The van der Waals surface area contributed by atoms with Gasteiger partial charge in [0.05, 0.1) is 6.54 Å². The van der Waals surface area contributed by atoms with Gasteiger partial charge < -0.3 is 26.2 Å². The van der Waals surface area contributed by atoms with E-state index in [0.29, 0.717) is 32.4 Å². The number of rotatable bonds is 3. The number of hydrogen-bond acceptors (Lipinski definition) is 5. The molecule has 9 nitrogen and oxygen atoms in total. The Morgan fingerprint density at radius 1 is 1.00 bits per heavy atom. The minimum absolute atomic E-state index is 0.0208. The smallest absolute Gasteiger partial charge is 0.245 e. The Labute approximate surface area is 195 Å². The summed E-state index contributed by atoms with van der Waals surface area (Å²) in [6.07, 6.45) is 1.80. The zero-order chi connectivity index (χ0) is 24.0. The second-order valence-electron chi connectivity index (χ2n) is 9.24. The third-order valence-corrected chi connectivity index (χ3v) is 6.18. The topological polar surface area (TPSA) is 120 Å². The lowest BCUT2D eigenvalue weighted by Gasteiger charge is -2.30. The number of hydrogen-bond donors (Lipinski definition) is 4. The summed E-state index contributed by atoms with van der Waals surface area (Å²) in [7, 11) is 0. The molecular formula is C24H35N5O4. The standard InChI is InChI=1S/C24H35N5O4/c1-15(2)21-23(32)27-18(12-17-8-5-4-6-9-17)13-25-14-20(30)26-16(3)24(33)29-11-7-10-19(29)22(31)28-21/h4-6,8-9,15-16,18-19,21,25H,7,10-14H2,1-3H3,(H,26,30)(H,27,32)(H,28,31)/t16-,18-,19+,21-/m0/s1. The number of benzene rings is 1. The monoisotopic (exact) mass is 457 g/mol. The molecule has 2 aliphatic heterocycles. The van der Waals surface area contributed by atoms with Crippen LogP contribution in [0.25, 0.3) is 0 Å². The van der Waals surface area contributed by atoms with Gasteiger partial charge in [0.15, 0.2) is 0 Å². The SMILES string of the molecule is CC(C)[C@@H]1NC(=O)[C@H]2CCCN2C(=O)[C@H](C)NC(=O)CNC[C@H](Cc2ccccc2)NC1=O. The van der Waals surface area contributed by atoms with Gasteiger partial charge in [-0.2, -0.15) is 0 Å². The van der Waals surface area contributed by atoms with Crippen LogP contribution in [-0.4, -0.2) is 72.3 Å². The number of carbonyl (C=O) groups is 4. The lowest BCUT2D eigenvalue weighted by atomic mass is 10.0. The third-order valence-electron chi connectivity index (χ3n) is 6.18. The third kappa shape index (κ3) is 6.54. The molecule has 2 saturated heterocycles. The van der Waals surface area contributed by atoms with E-state index in [9.17, 15) is 19.2 Å². The molecule has 180 valence electrons. The molecule has 4 atom stereocenters. The van der Waals surface area contributed by atoms with Crippen molar-refractivity contribution in [2.24, 2.45) is 5.92 Å². The highest BCUT2D eigenvalue weighted by molar-refractivity contribution is 5.94. The molecule has 0 unspecified atom stereocenters. The van der Waals surface area contributed by atoms with E-state index in [1.165, 1.54) is 4.90 Å². The fourth-order valence-corrected chi connectivity index (χ4v) is 4.41. The van der Waals surface area contributed by atoms with Gasteiger partial charge >= 0.3 is 0 Å². The second kappa shape index (κ2) is 11.3. The van der Waals surface area contributed by atoms with Crippen molar-refractivity contribution in [3.8, 4) is 0 Å². The van der Waals surface area contributed by atoms with Crippen LogP contribution < -0.4 is 21.3 Å². The molecular weight excluding hydrogens is 422 g/mol. The van der Waals surface area contributed by atoms with Gasteiger partial charge in [-0.15, -0.1) is 0 Å². The first-order chi connectivity index (χ1) is 15.8. The van der Waals surface area contributed by atoms with Crippen LogP contribution in [0.3, 0.4) is 0 Å².